The van der Waals surface area contributed by atoms with Crippen molar-refractivity contribution in [2.24, 2.45) is 0 Å². The first-order valence-corrected chi connectivity index (χ1v) is 7.95. The smallest absolute Gasteiger partial charge is 0.233 e. The van der Waals surface area contributed by atoms with Crippen LogP contribution in [0.4, 0.5) is 11.4 Å². The third-order valence-electron chi connectivity index (χ3n) is 3.21. The zero-order valence-electron chi connectivity index (χ0n) is 13.6. The Hall–Kier alpha value is -2.44. The van der Waals surface area contributed by atoms with Crippen LogP contribution in [0.25, 0.3) is 0 Å². The molecule has 25 heavy (non-hydrogen) atoms. The number of hydrogen-bond acceptors (Lipinski definition) is 4. The summed E-state index contributed by atoms with van der Waals surface area (Å²) in [7, 11) is 3.00. The normalized spacial score (nSPS) is 10.1. The standard InChI is InChI=1S/C17H16Cl2N2O4/c1-24-11-4-6-14(15(8-11)25-2)21-17(23)9-16(22)20-13-5-3-10(18)7-12(13)19/h3-8H,9H2,1-2H3,(H,20,22)(H,21,23). The summed E-state index contributed by atoms with van der Waals surface area (Å²) in [6.45, 7) is 0. The second kappa shape index (κ2) is 8.60. The summed E-state index contributed by atoms with van der Waals surface area (Å²) in [5, 5.41) is 5.92. The van der Waals surface area contributed by atoms with Gasteiger partial charge in [-0.25, -0.2) is 0 Å². The molecule has 0 saturated heterocycles. The maximum atomic E-state index is 12.1. The molecule has 0 unspecified atom stereocenters. The van der Waals surface area contributed by atoms with Crippen molar-refractivity contribution in [2.75, 3.05) is 24.9 Å². The summed E-state index contributed by atoms with van der Waals surface area (Å²) in [5.41, 5.74) is 0.816. The van der Waals surface area contributed by atoms with Crippen LogP contribution in [0.2, 0.25) is 10.0 Å². The van der Waals surface area contributed by atoms with Crippen LogP contribution in [-0.2, 0) is 9.59 Å². The molecule has 0 aromatic heterocycles. The Labute approximate surface area is 155 Å². The van der Waals surface area contributed by atoms with E-state index in [0.717, 1.165) is 0 Å². The third kappa shape index (κ3) is 5.27. The van der Waals surface area contributed by atoms with Crippen LogP contribution in [-0.4, -0.2) is 26.0 Å². The fourth-order valence-electron chi connectivity index (χ4n) is 2.03. The molecule has 2 amide bonds. The van der Waals surface area contributed by atoms with E-state index in [0.29, 0.717) is 27.9 Å². The number of nitrogens with one attached hydrogen (secondary N) is 2. The van der Waals surface area contributed by atoms with Crippen molar-refractivity contribution >= 4 is 46.4 Å². The van der Waals surface area contributed by atoms with Gasteiger partial charge >= 0.3 is 0 Å². The highest BCUT2D eigenvalue weighted by Gasteiger charge is 2.14. The fraction of sp³-hybridized carbons (Fsp3) is 0.176. The number of hydrogen-bond donors (Lipinski definition) is 2. The summed E-state index contributed by atoms with van der Waals surface area (Å²) < 4.78 is 10.3. The molecule has 0 heterocycles. The topological polar surface area (TPSA) is 76.7 Å². The van der Waals surface area contributed by atoms with Gasteiger partial charge in [0.15, 0.2) is 0 Å². The molecule has 0 bridgehead atoms. The summed E-state index contributed by atoms with van der Waals surface area (Å²) in [4.78, 5) is 24.1. The molecular formula is C17H16Cl2N2O4. The summed E-state index contributed by atoms with van der Waals surface area (Å²) >= 11 is 11.8. The van der Waals surface area contributed by atoms with Crippen LogP contribution in [0, 0.1) is 0 Å². The van der Waals surface area contributed by atoms with E-state index in [1.807, 2.05) is 0 Å². The number of ether oxygens (including phenoxy) is 2. The van der Waals surface area contributed by atoms with Crippen molar-refractivity contribution in [3.05, 3.63) is 46.4 Å². The van der Waals surface area contributed by atoms with Crippen LogP contribution in [0.1, 0.15) is 6.42 Å². The maximum absolute atomic E-state index is 12.1. The number of carbonyl (C=O) groups is 2. The average molecular weight is 383 g/mol. The van der Waals surface area contributed by atoms with E-state index in [9.17, 15) is 9.59 Å². The molecule has 0 aliphatic heterocycles. The van der Waals surface area contributed by atoms with E-state index in [2.05, 4.69) is 10.6 Å². The largest absolute Gasteiger partial charge is 0.497 e. The van der Waals surface area contributed by atoms with E-state index in [-0.39, 0.29) is 11.4 Å². The molecule has 6 nitrogen and oxygen atoms in total. The fourth-order valence-corrected chi connectivity index (χ4v) is 2.48. The van der Waals surface area contributed by atoms with Gasteiger partial charge in [-0.15, -0.1) is 0 Å². The molecule has 132 valence electrons. The highest BCUT2D eigenvalue weighted by Crippen LogP contribution is 2.29. The number of rotatable bonds is 6. The van der Waals surface area contributed by atoms with E-state index < -0.39 is 11.8 Å². The van der Waals surface area contributed by atoms with Crippen LogP contribution in [0.15, 0.2) is 36.4 Å². The Morgan fingerprint density at radius 3 is 2.16 bits per heavy atom. The highest BCUT2D eigenvalue weighted by atomic mass is 35.5. The van der Waals surface area contributed by atoms with Gasteiger partial charge in [-0.1, -0.05) is 23.2 Å². The van der Waals surface area contributed by atoms with Crippen LogP contribution in [0.5, 0.6) is 11.5 Å². The van der Waals surface area contributed by atoms with Gasteiger partial charge in [0.25, 0.3) is 0 Å². The molecule has 8 heteroatoms. The lowest BCUT2D eigenvalue weighted by Gasteiger charge is -2.12. The van der Waals surface area contributed by atoms with Crippen molar-refractivity contribution < 1.29 is 19.1 Å². The van der Waals surface area contributed by atoms with Gasteiger partial charge in [0, 0.05) is 11.1 Å². The number of carbonyl (C=O) groups excluding carboxylic acids is 2. The zero-order chi connectivity index (χ0) is 18.4. The Kier molecular flexibility index (Phi) is 6.50. The Bertz CT molecular complexity index is 796. The lowest BCUT2D eigenvalue weighted by atomic mass is 10.2. The van der Waals surface area contributed by atoms with Crippen LogP contribution in [0.3, 0.4) is 0 Å². The van der Waals surface area contributed by atoms with Gasteiger partial charge in [0.2, 0.25) is 11.8 Å². The molecule has 0 fully saturated rings. The number of anilines is 2. The molecule has 0 spiro atoms. The van der Waals surface area contributed by atoms with Crippen LogP contribution >= 0.6 is 23.2 Å². The molecule has 2 N–H and O–H groups in total. The lowest BCUT2D eigenvalue weighted by Crippen LogP contribution is -2.21. The first-order chi connectivity index (χ1) is 11.9. The van der Waals surface area contributed by atoms with E-state index in [1.165, 1.54) is 20.3 Å². The second-order valence-electron chi connectivity index (χ2n) is 4.96. The highest BCUT2D eigenvalue weighted by molar-refractivity contribution is 6.36. The number of halogens is 2. The van der Waals surface area contributed by atoms with Crippen molar-refractivity contribution in [3.8, 4) is 11.5 Å². The predicted molar refractivity (Wildman–Crippen MR) is 97.9 cm³/mol. The Morgan fingerprint density at radius 2 is 1.56 bits per heavy atom. The molecule has 0 saturated carbocycles. The van der Waals surface area contributed by atoms with Crippen molar-refractivity contribution in [1.82, 2.24) is 0 Å². The molecule has 2 aromatic rings. The van der Waals surface area contributed by atoms with Gasteiger partial charge in [-0.2, -0.15) is 0 Å². The van der Waals surface area contributed by atoms with Gasteiger partial charge in [0.1, 0.15) is 17.9 Å². The zero-order valence-corrected chi connectivity index (χ0v) is 15.1. The third-order valence-corrected chi connectivity index (χ3v) is 3.76. The van der Waals surface area contributed by atoms with Gasteiger partial charge in [0.05, 0.1) is 30.6 Å². The first kappa shape index (κ1) is 18.9. The minimum absolute atomic E-state index is 0.290. The SMILES string of the molecule is COc1ccc(NC(=O)CC(=O)Nc2ccc(Cl)cc2Cl)c(OC)c1. The van der Waals surface area contributed by atoms with E-state index in [4.69, 9.17) is 32.7 Å². The summed E-state index contributed by atoms with van der Waals surface area (Å²) in [5.74, 6) is 0.0130. The second-order valence-corrected chi connectivity index (χ2v) is 5.81. The number of amides is 2. The molecule has 2 aromatic carbocycles. The van der Waals surface area contributed by atoms with Gasteiger partial charge in [-0.05, 0) is 30.3 Å². The minimum Gasteiger partial charge on any atom is -0.497 e. The average Bonchev–Trinajstić information content (AvgIpc) is 2.57. The van der Waals surface area contributed by atoms with E-state index >= 15 is 0 Å². The summed E-state index contributed by atoms with van der Waals surface area (Å²) in [6.07, 6.45) is -0.381. The maximum Gasteiger partial charge on any atom is 0.233 e. The first-order valence-electron chi connectivity index (χ1n) is 7.19. The lowest BCUT2D eigenvalue weighted by molar-refractivity contribution is -0.123. The van der Waals surface area contributed by atoms with Crippen LogP contribution < -0.4 is 20.1 Å². The Morgan fingerprint density at radius 1 is 0.920 bits per heavy atom. The van der Waals surface area contributed by atoms with Gasteiger partial charge in [-0.3, -0.25) is 9.59 Å². The minimum atomic E-state index is -0.505. The number of methoxy groups -OCH3 is 2. The predicted octanol–water partition coefficient (Wildman–Crippen LogP) is 3.98. The molecule has 0 radical (unpaired) electrons. The molecule has 0 atom stereocenters. The van der Waals surface area contributed by atoms with Gasteiger partial charge < -0.3 is 20.1 Å². The number of benzene rings is 2. The molecular weight excluding hydrogens is 367 g/mol. The molecule has 2 rings (SSSR count). The van der Waals surface area contributed by atoms with Crippen molar-refractivity contribution in [3.63, 3.8) is 0 Å². The van der Waals surface area contributed by atoms with Crippen molar-refractivity contribution in [2.45, 2.75) is 6.42 Å². The summed E-state index contributed by atoms with van der Waals surface area (Å²) in [6, 6.07) is 9.58. The molecule has 0 aliphatic carbocycles. The molecule has 0 aliphatic rings. The quantitative estimate of drug-likeness (QED) is 0.740. The monoisotopic (exact) mass is 382 g/mol. The van der Waals surface area contributed by atoms with E-state index in [1.54, 1.807) is 30.3 Å². The Balaban J connectivity index is 1.99. The van der Waals surface area contributed by atoms with Crippen molar-refractivity contribution in [1.29, 1.82) is 0 Å².